The van der Waals surface area contributed by atoms with Crippen LogP contribution >= 0.6 is 11.3 Å². The molecule has 0 aliphatic rings. The molecule has 92 valence electrons. The Morgan fingerprint density at radius 3 is 2.88 bits per heavy atom. The minimum Gasteiger partial charge on any atom is -0.317 e. The summed E-state index contributed by atoms with van der Waals surface area (Å²) in [6.07, 6.45) is 0.646. The maximum Gasteiger partial charge on any atom is 0.211 e. The lowest BCUT2D eigenvalue weighted by Gasteiger charge is -2.05. The largest absolute Gasteiger partial charge is 0.317 e. The fourth-order valence-electron chi connectivity index (χ4n) is 1.22. The van der Waals surface area contributed by atoms with Gasteiger partial charge in [-0.15, -0.1) is 0 Å². The van der Waals surface area contributed by atoms with E-state index < -0.39 is 10.0 Å². The summed E-state index contributed by atoms with van der Waals surface area (Å²) < 4.78 is 25.7. The smallest absolute Gasteiger partial charge is 0.211 e. The molecule has 0 spiro atoms. The topological polar surface area (TPSA) is 58.2 Å². The molecule has 1 heterocycles. The zero-order valence-electron chi connectivity index (χ0n) is 9.40. The second-order valence-electron chi connectivity index (χ2n) is 3.48. The van der Waals surface area contributed by atoms with Crippen molar-refractivity contribution in [1.82, 2.24) is 10.0 Å². The summed E-state index contributed by atoms with van der Waals surface area (Å²) in [6.45, 7) is 4.02. The van der Waals surface area contributed by atoms with Gasteiger partial charge in [-0.05, 0) is 41.9 Å². The van der Waals surface area contributed by atoms with Crippen LogP contribution in [-0.2, 0) is 16.6 Å². The molecule has 1 aromatic rings. The minimum absolute atomic E-state index is 0.185. The lowest BCUT2D eigenvalue weighted by Crippen LogP contribution is -2.27. The number of hydrogen-bond acceptors (Lipinski definition) is 4. The Balaban J connectivity index is 2.23. The minimum atomic E-state index is -3.12. The summed E-state index contributed by atoms with van der Waals surface area (Å²) in [7, 11) is -3.12. The van der Waals surface area contributed by atoms with Crippen LogP contribution in [0.5, 0.6) is 0 Å². The summed E-state index contributed by atoms with van der Waals surface area (Å²) in [5, 5.41) is 6.98. The molecule has 1 rings (SSSR count). The first kappa shape index (κ1) is 13.6. The van der Waals surface area contributed by atoms with Gasteiger partial charge in [0.1, 0.15) is 0 Å². The van der Waals surface area contributed by atoms with Crippen molar-refractivity contribution in [1.29, 1.82) is 0 Å². The second kappa shape index (κ2) is 7.01. The van der Waals surface area contributed by atoms with Crippen LogP contribution in [0.3, 0.4) is 0 Å². The molecule has 2 N–H and O–H groups in total. The highest BCUT2D eigenvalue weighted by molar-refractivity contribution is 7.89. The van der Waals surface area contributed by atoms with Gasteiger partial charge in [-0.2, -0.15) is 11.3 Å². The van der Waals surface area contributed by atoms with Crippen LogP contribution < -0.4 is 10.0 Å². The Labute approximate surface area is 101 Å². The fourth-order valence-corrected chi connectivity index (χ4v) is 2.95. The van der Waals surface area contributed by atoms with E-state index in [0.717, 1.165) is 18.7 Å². The van der Waals surface area contributed by atoms with Gasteiger partial charge in [-0.1, -0.05) is 6.92 Å². The van der Waals surface area contributed by atoms with Crippen LogP contribution in [-0.4, -0.2) is 27.3 Å². The summed E-state index contributed by atoms with van der Waals surface area (Å²) in [5.41, 5.74) is 1.01. The van der Waals surface area contributed by atoms with Crippen molar-refractivity contribution in [2.24, 2.45) is 0 Å². The van der Waals surface area contributed by atoms with Crippen molar-refractivity contribution in [3.63, 3.8) is 0 Å². The highest BCUT2D eigenvalue weighted by Crippen LogP contribution is 2.05. The lowest BCUT2D eigenvalue weighted by molar-refractivity contribution is 0.575. The van der Waals surface area contributed by atoms with E-state index in [-0.39, 0.29) is 5.75 Å². The molecule has 4 nitrogen and oxygen atoms in total. The van der Waals surface area contributed by atoms with E-state index in [2.05, 4.69) is 10.0 Å². The average Bonchev–Trinajstić information content (AvgIpc) is 2.75. The van der Waals surface area contributed by atoms with E-state index in [4.69, 9.17) is 0 Å². The molecule has 16 heavy (non-hydrogen) atoms. The van der Waals surface area contributed by atoms with Gasteiger partial charge in [0.25, 0.3) is 0 Å². The first-order chi connectivity index (χ1) is 7.64. The number of thiophene rings is 1. The molecule has 0 aromatic carbocycles. The van der Waals surface area contributed by atoms with Crippen molar-refractivity contribution in [2.45, 2.75) is 19.9 Å². The molecule has 0 radical (unpaired) electrons. The number of rotatable bonds is 8. The zero-order chi connectivity index (χ0) is 11.9. The van der Waals surface area contributed by atoms with Gasteiger partial charge < -0.3 is 5.32 Å². The Bertz CT molecular complexity index is 374. The average molecular weight is 262 g/mol. The van der Waals surface area contributed by atoms with Gasteiger partial charge in [-0.3, -0.25) is 0 Å². The van der Waals surface area contributed by atoms with Crippen molar-refractivity contribution < 1.29 is 8.42 Å². The van der Waals surface area contributed by atoms with Crippen LogP contribution in [0.2, 0.25) is 0 Å². The zero-order valence-corrected chi connectivity index (χ0v) is 11.0. The standard InChI is InChI=1S/C10H18N2O2S2/c1-2-11-5-3-7-16(13,14)12-8-10-4-6-15-9-10/h4,6,9,11-12H,2-3,5,7-8H2,1H3. The van der Waals surface area contributed by atoms with Crippen LogP contribution in [0.15, 0.2) is 16.8 Å². The molecule has 0 aliphatic heterocycles. The number of nitrogens with one attached hydrogen (secondary N) is 2. The highest BCUT2D eigenvalue weighted by atomic mass is 32.2. The number of sulfonamides is 1. The molecule has 0 bridgehead atoms. The van der Waals surface area contributed by atoms with E-state index in [9.17, 15) is 8.42 Å². The van der Waals surface area contributed by atoms with E-state index in [1.165, 1.54) is 0 Å². The quantitative estimate of drug-likeness (QED) is 0.691. The van der Waals surface area contributed by atoms with Crippen LogP contribution in [0.4, 0.5) is 0 Å². The normalized spacial score (nSPS) is 11.8. The Morgan fingerprint density at radius 2 is 2.25 bits per heavy atom. The van der Waals surface area contributed by atoms with E-state index >= 15 is 0 Å². The molecular weight excluding hydrogens is 244 g/mol. The molecule has 0 aliphatic carbocycles. The summed E-state index contributed by atoms with van der Waals surface area (Å²) in [5.74, 6) is 0.185. The summed E-state index contributed by atoms with van der Waals surface area (Å²) >= 11 is 1.57. The second-order valence-corrected chi connectivity index (χ2v) is 6.19. The van der Waals surface area contributed by atoms with Gasteiger partial charge in [0, 0.05) is 6.54 Å². The summed E-state index contributed by atoms with van der Waals surface area (Å²) in [4.78, 5) is 0. The third-order valence-corrected chi connectivity index (χ3v) is 4.24. The predicted octanol–water partition coefficient (Wildman–Crippen LogP) is 1.17. The lowest BCUT2D eigenvalue weighted by atomic mass is 10.4. The van der Waals surface area contributed by atoms with Crippen molar-refractivity contribution in [2.75, 3.05) is 18.8 Å². The molecule has 6 heteroatoms. The third-order valence-electron chi connectivity index (χ3n) is 2.09. The van der Waals surface area contributed by atoms with Gasteiger partial charge in [0.15, 0.2) is 0 Å². The summed E-state index contributed by atoms with van der Waals surface area (Å²) in [6, 6.07) is 1.92. The van der Waals surface area contributed by atoms with E-state index in [0.29, 0.717) is 13.0 Å². The fraction of sp³-hybridized carbons (Fsp3) is 0.600. The van der Waals surface area contributed by atoms with Gasteiger partial charge in [0.2, 0.25) is 10.0 Å². The van der Waals surface area contributed by atoms with Crippen LogP contribution in [0.25, 0.3) is 0 Å². The Hall–Kier alpha value is -0.430. The van der Waals surface area contributed by atoms with Crippen LogP contribution in [0.1, 0.15) is 18.9 Å². The van der Waals surface area contributed by atoms with Gasteiger partial charge >= 0.3 is 0 Å². The van der Waals surface area contributed by atoms with Crippen LogP contribution in [0, 0.1) is 0 Å². The number of hydrogen-bond donors (Lipinski definition) is 2. The first-order valence-electron chi connectivity index (χ1n) is 5.33. The molecule has 0 atom stereocenters. The van der Waals surface area contributed by atoms with Crippen molar-refractivity contribution in [3.8, 4) is 0 Å². The van der Waals surface area contributed by atoms with Crippen molar-refractivity contribution in [3.05, 3.63) is 22.4 Å². The van der Waals surface area contributed by atoms with Gasteiger partial charge in [-0.25, -0.2) is 13.1 Å². The van der Waals surface area contributed by atoms with Gasteiger partial charge in [0.05, 0.1) is 5.75 Å². The van der Waals surface area contributed by atoms with E-state index in [1.54, 1.807) is 11.3 Å². The molecule has 0 unspecified atom stereocenters. The molecule has 0 fully saturated rings. The monoisotopic (exact) mass is 262 g/mol. The third kappa shape index (κ3) is 5.60. The molecule has 0 amide bonds. The Kier molecular flexibility index (Phi) is 5.97. The molecule has 0 saturated carbocycles. The molecule has 0 saturated heterocycles. The Morgan fingerprint density at radius 1 is 1.44 bits per heavy atom. The molecule has 1 aromatic heterocycles. The predicted molar refractivity (Wildman–Crippen MR) is 68.1 cm³/mol. The first-order valence-corrected chi connectivity index (χ1v) is 7.92. The maximum atomic E-state index is 11.6. The van der Waals surface area contributed by atoms with Crippen molar-refractivity contribution >= 4 is 21.4 Å². The maximum absolute atomic E-state index is 11.6. The van der Waals surface area contributed by atoms with E-state index in [1.807, 2.05) is 23.8 Å². The highest BCUT2D eigenvalue weighted by Gasteiger charge is 2.09. The molecular formula is C10H18N2O2S2. The SMILES string of the molecule is CCNCCCS(=O)(=O)NCc1ccsc1.